The van der Waals surface area contributed by atoms with Crippen molar-refractivity contribution in [1.82, 2.24) is 0 Å². The fourth-order valence-electron chi connectivity index (χ4n) is 1.31. The molecule has 1 atom stereocenters. The minimum atomic E-state index is -0.809. The molecule has 0 spiro atoms. The van der Waals surface area contributed by atoms with E-state index in [9.17, 15) is 9.59 Å². The lowest BCUT2D eigenvalue weighted by Gasteiger charge is -2.09. The van der Waals surface area contributed by atoms with E-state index in [-0.39, 0.29) is 6.61 Å². The van der Waals surface area contributed by atoms with Gasteiger partial charge < -0.3 is 9.53 Å². The highest BCUT2D eigenvalue weighted by molar-refractivity contribution is 7.98. The number of carbonyl (C=O) groups is 2. The fourth-order valence-corrected chi connectivity index (χ4v) is 1.72. The van der Waals surface area contributed by atoms with E-state index in [0.717, 1.165) is 4.90 Å². The highest BCUT2D eigenvalue weighted by Crippen LogP contribution is 2.20. The summed E-state index contributed by atoms with van der Waals surface area (Å²) in [5.74, 6) is -1.30. The van der Waals surface area contributed by atoms with Crippen molar-refractivity contribution in [2.24, 2.45) is 0 Å². The van der Waals surface area contributed by atoms with Crippen LogP contribution in [-0.4, -0.2) is 25.1 Å². The SMILES string of the molecule is CCOC(=O)[C@H](C=O)c1ccc(SC)cc1. The van der Waals surface area contributed by atoms with Gasteiger partial charge in [-0.2, -0.15) is 0 Å². The molecule has 0 aliphatic rings. The molecule has 0 radical (unpaired) electrons. The van der Waals surface area contributed by atoms with Crippen LogP contribution in [0.1, 0.15) is 18.4 Å². The van der Waals surface area contributed by atoms with Gasteiger partial charge in [-0.05, 0) is 30.9 Å². The second kappa shape index (κ2) is 6.33. The standard InChI is InChI=1S/C12H14O3S/c1-3-15-12(14)11(8-13)9-4-6-10(16-2)7-5-9/h4-8,11H,3H2,1-2H3/t11-/m1/s1. The average Bonchev–Trinajstić information content (AvgIpc) is 2.31. The zero-order chi connectivity index (χ0) is 12.0. The quantitative estimate of drug-likeness (QED) is 0.341. The Labute approximate surface area is 99.2 Å². The lowest BCUT2D eigenvalue weighted by atomic mass is 10.0. The van der Waals surface area contributed by atoms with Gasteiger partial charge in [0.05, 0.1) is 6.61 Å². The van der Waals surface area contributed by atoms with Crippen LogP contribution in [0.4, 0.5) is 0 Å². The number of hydrogen-bond donors (Lipinski definition) is 0. The summed E-state index contributed by atoms with van der Waals surface area (Å²) in [7, 11) is 0. The van der Waals surface area contributed by atoms with E-state index in [1.165, 1.54) is 0 Å². The van der Waals surface area contributed by atoms with Crippen molar-refractivity contribution in [2.75, 3.05) is 12.9 Å². The summed E-state index contributed by atoms with van der Waals surface area (Å²) in [6.45, 7) is 2.00. The van der Waals surface area contributed by atoms with E-state index >= 15 is 0 Å². The predicted octanol–water partition coefficient (Wildman–Crippen LogP) is 2.25. The van der Waals surface area contributed by atoms with Gasteiger partial charge in [0.15, 0.2) is 0 Å². The molecule has 1 aromatic carbocycles. The Hall–Kier alpha value is -1.29. The molecular formula is C12H14O3S. The van der Waals surface area contributed by atoms with E-state index in [0.29, 0.717) is 11.8 Å². The van der Waals surface area contributed by atoms with E-state index in [1.54, 1.807) is 30.8 Å². The minimum absolute atomic E-state index is 0.284. The first-order valence-corrected chi connectivity index (χ1v) is 6.21. The normalized spacial score (nSPS) is 11.9. The topological polar surface area (TPSA) is 43.4 Å². The highest BCUT2D eigenvalue weighted by Gasteiger charge is 2.20. The van der Waals surface area contributed by atoms with Crippen LogP contribution in [0.25, 0.3) is 0 Å². The predicted molar refractivity (Wildman–Crippen MR) is 63.7 cm³/mol. The number of aldehydes is 1. The molecule has 0 fully saturated rings. The third-order valence-corrected chi connectivity index (χ3v) is 2.90. The maximum absolute atomic E-state index is 11.5. The van der Waals surface area contributed by atoms with Gasteiger partial charge >= 0.3 is 5.97 Å². The Morgan fingerprint density at radius 3 is 2.50 bits per heavy atom. The largest absolute Gasteiger partial charge is 0.465 e. The molecule has 1 aromatic rings. The molecule has 0 heterocycles. The number of hydrogen-bond acceptors (Lipinski definition) is 4. The van der Waals surface area contributed by atoms with Gasteiger partial charge in [-0.25, -0.2) is 0 Å². The lowest BCUT2D eigenvalue weighted by Crippen LogP contribution is -2.17. The number of rotatable bonds is 5. The molecule has 0 unspecified atom stereocenters. The van der Waals surface area contributed by atoms with Crippen LogP contribution >= 0.6 is 11.8 Å². The van der Waals surface area contributed by atoms with Crippen LogP contribution < -0.4 is 0 Å². The third-order valence-electron chi connectivity index (χ3n) is 2.15. The molecule has 0 amide bonds. The van der Waals surface area contributed by atoms with Crippen molar-refractivity contribution < 1.29 is 14.3 Å². The Kier molecular flexibility index (Phi) is 5.05. The summed E-state index contributed by atoms with van der Waals surface area (Å²) < 4.78 is 4.83. The number of thioether (sulfide) groups is 1. The third kappa shape index (κ3) is 3.10. The number of esters is 1. The van der Waals surface area contributed by atoms with Gasteiger partial charge in [0, 0.05) is 4.90 Å². The van der Waals surface area contributed by atoms with Crippen LogP contribution in [0.5, 0.6) is 0 Å². The molecule has 1 rings (SSSR count). The van der Waals surface area contributed by atoms with Gasteiger partial charge in [0.2, 0.25) is 0 Å². The summed E-state index contributed by atoms with van der Waals surface area (Å²) >= 11 is 1.61. The zero-order valence-electron chi connectivity index (χ0n) is 9.30. The Morgan fingerprint density at radius 2 is 2.06 bits per heavy atom. The summed E-state index contributed by atoms with van der Waals surface area (Å²) in [5, 5.41) is 0. The summed E-state index contributed by atoms with van der Waals surface area (Å²) in [6.07, 6.45) is 2.59. The molecule has 4 heteroatoms. The van der Waals surface area contributed by atoms with Crippen molar-refractivity contribution in [3.8, 4) is 0 Å². The molecule has 0 aliphatic carbocycles. The van der Waals surface area contributed by atoms with Gasteiger partial charge in [-0.15, -0.1) is 11.8 Å². The van der Waals surface area contributed by atoms with Crippen molar-refractivity contribution in [3.63, 3.8) is 0 Å². The molecule has 0 N–H and O–H groups in total. The summed E-state index contributed by atoms with van der Waals surface area (Å²) in [5.41, 5.74) is 0.672. The molecule has 86 valence electrons. The van der Waals surface area contributed by atoms with Gasteiger partial charge in [-0.1, -0.05) is 12.1 Å². The molecule has 0 saturated heterocycles. The summed E-state index contributed by atoms with van der Waals surface area (Å²) in [4.78, 5) is 23.4. The lowest BCUT2D eigenvalue weighted by molar-refractivity contribution is -0.146. The van der Waals surface area contributed by atoms with Crippen LogP contribution in [0, 0.1) is 0 Å². The molecule has 0 aromatic heterocycles. The van der Waals surface area contributed by atoms with Crippen molar-refractivity contribution in [2.45, 2.75) is 17.7 Å². The van der Waals surface area contributed by atoms with Crippen LogP contribution in [-0.2, 0) is 14.3 Å². The van der Waals surface area contributed by atoms with Gasteiger partial charge in [-0.3, -0.25) is 4.79 Å². The number of carbonyl (C=O) groups excluding carboxylic acids is 2. The molecule has 3 nitrogen and oxygen atoms in total. The fraction of sp³-hybridized carbons (Fsp3) is 0.333. The average molecular weight is 238 g/mol. The first kappa shape index (κ1) is 12.8. The molecule has 0 aliphatic heterocycles. The van der Waals surface area contributed by atoms with Gasteiger partial charge in [0.1, 0.15) is 12.2 Å². The monoisotopic (exact) mass is 238 g/mol. The summed E-state index contributed by atoms with van der Waals surface area (Å²) in [6, 6.07) is 7.33. The first-order valence-electron chi connectivity index (χ1n) is 4.98. The minimum Gasteiger partial charge on any atom is -0.465 e. The second-order valence-corrected chi connectivity index (χ2v) is 4.02. The molecule has 0 saturated carbocycles. The highest BCUT2D eigenvalue weighted by atomic mass is 32.2. The van der Waals surface area contributed by atoms with Crippen molar-refractivity contribution in [3.05, 3.63) is 29.8 Å². The van der Waals surface area contributed by atoms with E-state index in [2.05, 4.69) is 0 Å². The van der Waals surface area contributed by atoms with Crippen LogP contribution in [0.3, 0.4) is 0 Å². The maximum atomic E-state index is 11.5. The van der Waals surface area contributed by atoms with E-state index < -0.39 is 11.9 Å². The first-order chi connectivity index (χ1) is 7.72. The van der Waals surface area contributed by atoms with Crippen molar-refractivity contribution >= 4 is 24.0 Å². The molecular weight excluding hydrogens is 224 g/mol. The number of ether oxygens (including phenoxy) is 1. The van der Waals surface area contributed by atoms with E-state index in [4.69, 9.17) is 4.74 Å². The maximum Gasteiger partial charge on any atom is 0.320 e. The second-order valence-electron chi connectivity index (χ2n) is 3.14. The van der Waals surface area contributed by atoms with Crippen LogP contribution in [0.2, 0.25) is 0 Å². The van der Waals surface area contributed by atoms with Crippen molar-refractivity contribution in [1.29, 1.82) is 0 Å². The Morgan fingerprint density at radius 1 is 1.44 bits per heavy atom. The Balaban J connectivity index is 2.86. The zero-order valence-corrected chi connectivity index (χ0v) is 10.1. The molecule has 16 heavy (non-hydrogen) atoms. The number of benzene rings is 1. The molecule has 0 bridgehead atoms. The van der Waals surface area contributed by atoms with Crippen LogP contribution in [0.15, 0.2) is 29.2 Å². The van der Waals surface area contributed by atoms with E-state index in [1.807, 2.05) is 18.4 Å². The Bertz CT molecular complexity index is 359. The van der Waals surface area contributed by atoms with Gasteiger partial charge in [0.25, 0.3) is 0 Å². The smallest absolute Gasteiger partial charge is 0.320 e.